The van der Waals surface area contributed by atoms with E-state index in [1.54, 1.807) is 41.0 Å². The molecule has 128 valence electrons. The number of carbonyl (C=O) groups excluding carboxylic acids is 1. The molecular weight excluding hydrogens is 356 g/mol. The Bertz CT molecular complexity index is 867. The van der Waals surface area contributed by atoms with E-state index < -0.39 is 0 Å². The average Bonchev–Trinajstić information content (AvgIpc) is 3.09. The number of benzene rings is 2. The number of nitrogens with one attached hydrogen (secondary N) is 1. The molecule has 0 unspecified atom stereocenters. The second-order valence-corrected chi connectivity index (χ2v) is 6.95. The third-order valence-corrected chi connectivity index (χ3v) is 4.72. The van der Waals surface area contributed by atoms with E-state index in [1.165, 1.54) is 17.5 Å². The van der Waals surface area contributed by atoms with Gasteiger partial charge in [0.1, 0.15) is 12.7 Å². The largest absolute Gasteiger partial charge is 0.323 e. The van der Waals surface area contributed by atoms with Crippen LogP contribution in [0.5, 0.6) is 0 Å². The summed E-state index contributed by atoms with van der Waals surface area (Å²) in [5, 5.41) is 7.55. The summed E-state index contributed by atoms with van der Waals surface area (Å²) in [5.41, 5.74) is 3.76. The maximum absolute atomic E-state index is 12.3. The van der Waals surface area contributed by atoms with Gasteiger partial charge in [-0.1, -0.05) is 41.4 Å². The maximum atomic E-state index is 12.3. The summed E-state index contributed by atoms with van der Waals surface area (Å²) < 4.78 is 1.59. The van der Waals surface area contributed by atoms with E-state index in [-0.39, 0.29) is 5.91 Å². The molecule has 0 spiro atoms. The lowest BCUT2D eigenvalue weighted by atomic mass is 10.2. The van der Waals surface area contributed by atoms with Gasteiger partial charge in [-0.15, -0.1) is 11.8 Å². The molecule has 0 saturated heterocycles. The highest BCUT2D eigenvalue weighted by Gasteiger charge is 2.10. The van der Waals surface area contributed by atoms with Gasteiger partial charge in [0.05, 0.1) is 17.1 Å². The van der Waals surface area contributed by atoms with Crippen LogP contribution in [0.4, 0.5) is 5.69 Å². The highest BCUT2D eigenvalue weighted by Crippen LogP contribution is 2.24. The summed E-state index contributed by atoms with van der Waals surface area (Å²) in [7, 11) is 0. The second-order valence-electron chi connectivity index (χ2n) is 5.53. The van der Waals surface area contributed by atoms with E-state index in [9.17, 15) is 4.79 Å². The number of aromatic nitrogens is 3. The van der Waals surface area contributed by atoms with Crippen LogP contribution in [0.25, 0.3) is 5.69 Å². The van der Waals surface area contributed by atoms with Crippen LogP contribution in [0.2, 0.25) is 5.02 Å². The smallest absolute Gasteiger partial charge is 0.234 e. The topological polar surface area (TPSA) is 59.8 Å². The number of aryl methyl sites for hydroxylation is 1. The molecule has 5 nitrogen and oxygen atoms in total. The molecule has 25 heavy (non-hydrogen) atoms. The molecular formula is C18H17ClN4OS. The van der Waals surface area contributed by atoms with Crippen LogP contribution < -0.4 is 5.32 Å². The highest BCUT2D eigenvalue weighted by molar-refractivity contribution is 7.99. The van der Waals surface area contributed by atoms with Crippen molar-refractivity contribution < 1.29 is 4.79 Å². The number of halogens is 1. The Morgan fingerprint density at radius 1 is 1.28 bits per heavy atom. The average molecular weight is 373 g/mol. The summed E-state index contributed by atoms with van der Waals surface area (Å²) in [6.45, 7) is 2.06. The van der Waals surface area contributed by atoms with E-state index in [0.29, 0.717) is 16.5 Å². The molecule has 1 N–H and O–H groups in total. The van der Waals surface area contributed by atoms with Crippen molar-refractivity contribution in [2.24, 2.45) is 0 Å². The van der Waals surface area contributed by atoms with E-state index in [0.717, 1.165) is 11.4 Å². The van der Waals surface area contributed by atoms with Gasteiger partial charge in [-0.25, -0.2) is 9.67 Å². The Kier molecular flexibility index (Phi) is 5.73. The fourth-order valence-electron chi connectivity index (χ4n) is 2.39. The van der Waals surface area contributed by atoms with Gasteiger partial charge in [0.25, 0.3) is 0 Å². The lowest BCUT2D eigenvalue weighted by Gasteiger charge is -2.11. The third kappa shape index (κ3) is 4.84. The lowest BCUT2D eigenvalue weighted by Crippen LogP contribution is -2.16. The number of carbonyl (C=O) groups is 1. The molecule has 0 aliphatic rings. The third-order valence-electron chi connectivity index (χ3n) is 3.48. The van der Waals surface area contributed by atoms with Crippen LogP contribution in [-0.2, 0) is 10.5 Å². The Hall–Kier alpha value is -2.31. The first-order valence-corrected chi connectivity index (χ1v) is 9.23. The Morgan fingerprint density at radius 3 is 2.92 bits per heavy atom. The standard InChI is InChI=1S/C18H17ClN4OS/c1-13-3-2-4-14(7-13)9-25-10-18(24)22-16-8-15(19)5-6-17(16)23-12-20-11-21-23/h2-8,11-12H,9-10H2,1H3,(H,22,24). The Labute approximate surface area is 155 Å². The molecule has 0 saturated carbocycles. The molecule has 0 aliphatic heterocycles. The van der Waals surface area contributed by atoms with Gasteiger partial charge < -0.3 is 5.32 Å². The van der Waals surface area contributed by atoms with Gasteiger partial charge in [0.15, 0.2) is 0 Å². The molecule has 0 aliphatic carbocycles. The Balaban J connectivity index is 1.62. The van der Waals surface area contributed by atoms with Crippen molar-refractivity contribution in [1.82, 2.24) is 14.8 Å². The zero-order chi connectivity index (χ0) is 17.6. The molecule has 0 radical (unpaired) electrons. The quantitative estimate of drug-likeness (QED) is 0.707. The van der Waals surface area contributed by atoms with Crippen molar-refractivity contribution in [2.75, 3.05) is 11.1 Å². The molecule has 3 rings (SSSR count). The summed E-state index contributed by atoms with van der Waals surface area (Å²) >= 11 is 7.63. The second kappa shape index (κ2) is 8.18. The number of hydrogen-bond acceptors (Lipinski definition) is 4. The zero-order valence-corrected chi connectivity index (χ0v) is 15.2. The number of rotatable bonds is 6. The van der Waals surface area contributed by atoms with Crippen LogP contribution in [-0.4, -0.2) is 26.4 Å². The van der Waals surface area contributed by atoms with Crippen LogP contribution in [0, 0.1) is 6.92 Å². The van der Waals surface area contributed by atoms with Gasteiger partial charge in [-0.2, -0.15) is 5.10 Å². The van der Waals surface area contributed by atoms with Crippen molar-refractivity contribution in [3.8, 4) is 5.69 Å². The molecule has 0 bridgehead atoms. The van der Waals surface area contributed by atoms with E-state index in [2.05, 4.69) is 40.5 Å². The minimum atomic E-state index is -0.0821. The van der Waals surface area contributed by atoms with Crippen molar-refractivity contribution in [1.29, 1.82) is 0 Å². The summed E-state index contributed by atoms with van der Waals surface area (Å²) in [6.07, 6.45) is 3.02. The van der Waals surface area contributed by atoms with Crippen molar-refractivity contribution >= 4 is 35.0 Å². The fraction of sp³-hybridized carbons (Fsp3) is 0.167. The molecule has 0 fully saturated rings. The number of thioether (sulfide) groups is 1. The predicted octanol–water partition coefficient (Wildman–Crippen LogP) is 4.10. The monoisotopic (exact) mass is 372 g/mol. The predicted molar refractivity (Wildman–Crippen MR) is 102 cm³/mol. The van der Waals surface area contributed by atoms with Crippen molar-refractivity contribution in [3.05, 3.63) is 71.3 Å². The molecule has 2 aromatic carbocycles. The van der Waals surface area contributed by atoms with Crippen molar-refractivity contribution in [3.63, 3.8) is 0 Å². The maximum Gasteiger partial charge on any atom is 0.234 e. The summed E-state index contributed by atoms with van der Waals surface area (Å²) in [6, 6.07) is 13.5. The Morgan fingerprint density at radius 2 is 2.16 bits per heavy atom. The fourth-order valence-corrected chi connectivity index (χ4v) is 3.34. The zero-order valence-electron chi connectivity index (χ0n) is 13.6. The van der Waals surface area contributed by atoms with Crippen LogP contribution in [0.1, 0.15) is 11.1 Å². The summed E-state index contributed by atoms with van der Waals surface area (Å²) in [4.78, 5) is 16.2. The molecule has 0 atom stereocenters. The number of nitrogens with zero attached hydrogens (tertiary/aromatic N) is 3. The molecule has 3 aromatic rings. The van der Waals surface area contributed by atoms with Crippen LogP contribution in [0.3, 0.4) is 0 Å². The van der Waals surface area contributed by atoms with Gasteiger partial charge >= 0.3 is 0 Å². The van der Waals surface area contributed by atoms with Crippen molar-refractivity contribution in [2.45, 2.75) is 12.7 Å². The van der Waals surface area contributed by atoms with Gasteiger partial charge in [-0.3, -0.25) is 4.79 Å². The lowest BCUT2D eigenvalue weighted by molar-refractivity contribution is -0.113. The van der Waals surface area contributed by atoms with Gasteiger partial charge in [0, 0.05) is 10.8 Å². The van der Waals surface area contributed by atoms with Crippen LogP contribution >= 0.6 is 23.4 Å². The number of amides is 1. The number of anilines is 1. The van der Waals surface area contributed by atoms with Gasteiger partial charge in [0.2, 0.25) is 5.91 Å². The molecule has 1 heterocycles. The van der Waals surface area contributed by atoms with E-state index >= 15 is 0 Å². The molecule has 1 amide bonds. The normalized spacial score (nSPS) is 10.6. The molecule has 7 heteroatoms. The summed E-state index contributed by atoms with van der Waals surface area (Å²) in [5.74, 6) is 1.07. The van der Waals surface area contributed by atoms with Crippen LogP contribution in [0.15, 0.2) is 55.1 Å². The SMILES string of the molecule is Cc1cccc(CSCC(=O)Nc2cc(Cl)ccc2-n2cncn2)c1. The first kappa shape index (κ1) is 17.5. The minimum absolute atomic E-state index is 0.0821. The first-order valence-electron chi connectivity index (χ1n) is 7.69. The highest BCUT2D eigenvalue weighted by atomic mass is 35.5. The molecule has 1 aromatic heterocycles. The van der Waals surface area contributed by atoms with E-state index in [1.807, 2.05) is 6.07 Å². The first-order chi connectivity index (χ1) is 12.1. The number of hydrogen-bond donors (Lipinski definition) is 1. The minimum Gasteiger partial charge on any atom is -0.323 e. The van der Waals surface area contributed by atoms with Gasteiger partial charge in [-0.05, 0) is 30.7 Å². The van der Waals surface area contributed by atoms with E-state index in [4.69, 9.17) is 11.6 Å².